The maximum atomic E-state index is 14.0. The Kier molecular flexibility index (Phi) is 4.80. The molecule has 18 heavy (non-hydrogen) atoms. The Morgan fingerprint density at radius 2 is 2.22 bits per heavy atom. The molecule has 0 aromatic carbocycles. The summed E-state index contributed by atoms with van der Waals surface area (Å²) in [6.07, 6.45) is 5.45. The zero-order valence-corrected chi connectivity index (χ0v) is 11.8. The van der Waals surface area contributed by atoms with Crippen molar-refractivity contribution >= 4 is 17.6 Å². The van der Waals surface area contributed by atoms with Crippen LogP contribution in [0.2, 0.25) is 0 Å². The minimum absolute atomic E-state index is 0.286. The predicted octanol–water partition coefficient (Wildman–Crippen LogP) is 3.26. The normalized spacial score (nSPS) is 23.3. The van der Waals surface area contributed by atoms with Gasteiger partial charge in [0.2, 0.25) is 0 Å². The Bertz CT molecular complexity index is 400. The molecule has 1 saturated carbocycles. The summed E-state index contributed by atoms with van der Waals surface area (Å²) in [4.78, 5) is 7.96. The molecule has 2 atom stereocenters. The Morgan fingerprint density at radius 1 is 1.39 bits per heavy atom. The maximum Gasteiger partial charge on any atom is 0.186 e. The van der Waals surface area contributed by atoms with Crippen molar-refractivity contribution < 1.29 is 4.39 Å². The van der Waals surface area contributed by atoms with Gasteiger partial charge in [0, 0.05) is 11.3 Å². The summed E-state index contributed by atoms with van der Waals surface area (Å²) in [5.74, 6) is 1.24. The number of halogens is 1. The number of aromatic nitrogens is 2. The number of nitrogens with one attached hydrogen (secondary N) is 1. The highest BCUT2D eigenvalue weighted by Crippen LogP contribution is 2.31. The Morgan fingerprint density at radius 3 is 2.94 bits per heavy atom. The zero-order chi connectivity index (χ0) is 13.0. The van der Waals surface area contributed by atoms with Gasteiger partial charge in [-0.3, -0.25) is 0 Å². The number of hydrogen-bond acceptors (Lipinski definition) is 4. The van der Waals surface area contributed by atoms with Crippen molar-refractivity contribution in [2.75, 3.05) is 11.1 Å². The number of hydrogen-bond donors (Lipinski definition) is 1. The second kappa shape index (κ2) is 6.36. The van der Waals surface area contributed by atoms with E-state index >= 15 is 0 Å². The van der Waals surface area contributed by atoms with Crippen LogP contribution in [0.25, 0.3) is 0 Å². The molecule has 1 aromatic heterocycles. The molecule has 1 N–H and O–H groups in total. The molecular formula is C13H20FN3S. The molecule has 1 aliphatic rings. The Balaban J connectivity index is 1.98. The van der Waals surface area contributed by atoms with E-state index in [1.807, 2.05) is 18.7 Å². The standard InChI is InChI=1S/C13H20FN3S/c1-3-11-12(14)13(16-8-15-11)17-9-5-6-10(7-9)18-4-2/h8-10H,3-7H2,1-2H3,(H,15,16,17). The van der Waals surface area contributed by atoms with Gasteiger partial charge in [-0.05, 0) is 31.4 Å². The minimum Gasteiger partial charge on any atom is -0.365 e. The first-order valence-corrected chi connectivity index (χ1v) is 7.67. The average Bonchev–Trinajstić information content (AvgIpc) is 2.80. The molecule has 3 nitrogen and oxygen atoms in total. The third-order valence-electron chi connectivity index (χ3n) is 3.32. The third-order valence-corrected chi connectivity index (χ3v) is 4.56. The maximum absolute atomic E-state index is 14.0. The molecule has 2 rings (SSSR count). The van der Waals surface area contributed by atoms with Crippen molar-refractivity contribution in [3.8, 4) is 0 Å². The zero-order valence-electron chi connectivity index (χ0n) is 10.9. The monoisotopic (exact) mass is 269 g/mol. The molecule has 5 heteroatoms. The Hall–Kier alpha value is -0.840. The van der Waals surface area contributed by atoms with E-state index in [-0.39, 0.29) is 5.82 Å². The lowest BCUT2D eigenvalue weighted by atomic mass is 10.2. The first-order chi connectivity index (χ1) is 8.74. The molecule has 0 aliphatic heterocycles. The quantitative estimate of drug-likeness (QED) is 0.890. The predicted molar refractivity (Wildman–Crippen MR) is 74.5 cm³/mol. The molecule has 100 valence electrons. The SMILES string of the molecule is CCSC1CCC(Nc2ncnc(CC)c2F)C1. The molecule has 2 unspecified atom stereocenters. The molecule has 1 aliphatic carbocycles. The van der Waals surface area contributed by atoms with Gasteiger partial charge in [0.15, 0.2) is 11.6 Å². The smallest absolute Gasteiger partial charge is 0.186 e. The summed E-state index contributed by atoms with van der Waals surface area (Å²) in [5, 5.41) is 3.94. The van der Waals surface area contributed by atoms with Crippen LogP contribution in [-0.4, -0.2) is 27.0 Å². The lowest BCUT2D eigenvalue weighted by Gasteiger charge is -2.14. The molecule has 0 spiro atoms. The van der Waals surface area contributed by atoms with Gasteiger partial charge in [-0.1, -0.05) is 13.8 Å². The second-order valence-electron chi connectivity index (χ2n) is 4.57. The van der Waals surface area contributed by atoms with Crippen LogP contribution in [0.15, 0.2) is 6.33 Å². The molecular weight excluding hydrogens is 249 g/mol. The summed E-state index contributed by atoms with van der Waals surface area (Å²) < 4.78 is 14.0. The van der Waals surface area contributed by atoms with E-state index in [9.17, 15) is 4.39 Å². The number of nitrogens with zero attached hydrogens (tertiary/aromatic N) is 2. The summed E-state index contributed by atoms with van der Waals surface area (Å²) >= 11 is 2.00. The lowest BCUT2D eigenvalue weighted by Crippen LogP contribution is -2.18. The van der Waals surface area contributed by atoms with Crippen molar-refractivity contribution in [2.45, 2.75) is 50.8 Å². The van der Waals surface area contributed by atoms with Crippen LogP contribution in [0.4, 0.5) is 10.2 Å². The van der Waals surface area contributed by atoms with Gasteiger partial charge in [-0.2, -0.15) is 11.8 Å². The summed E-state index contributed by atoms with van der Waals surface area (Å²) in [5.41, 5.74) is 0.491. The molecule has 0 radical (unpaired) electrons. The second-order valence-corrected chi connectivity index (χ2v) is 6.15. The number of rotatable bonds is 5. The third kappa shape index (κ3) is 3.13. The van der Waals surface area contributed by atoms with E-state index in [0.717, 1.165) is 18.6 Å². The van der Waals surface area contributed by atoms with Gasteiger partial charge in [-0.15, -0.1) is 0 Å². The fourth-order valence-electron chi connectivity index (χ4n) is 2.41. The largest absolute Gasteiger partial charge is 0.365 e. The summed E-state index contributed by atoms with van der Waals surface area (Å²) in [6.45, 7) is 4.09. The van der Waals surface area contributed by atoms with Crippen molar-refractivity contribution in [3.05, 3.63) is 17.8 Å². The van der Waals surface area contributed by atoms with E-state index in [2.05, 4.69) is 22.2 Å². The fourth-order valence-corrected chi connectivity index (χ4v) is 3.55. The minimum atomic E-state index is -0.286. The van der Waals surface area contributed by atoms with E-state index in [4.69, 9.17) is 0 Å². The van der Waals surface area contributed by atoms with Crippen molar-refractivity contribution in [1.82, 2.24) is 9.97 Å². The highest BCUT2D eigenvalue weighted by Gasteiger charge is 2.25. The van der Waals surface area contributed by atoms with Crippen molar-refractivity contribution in [1.29, 1.82) is 0 Å². The lowest BCUT2D eigenvalue weighted by molar-refractivity contribution is 0.591. The topological polar surface area (TPSA) is 37.8 Å². The average molecular weight is 269 g/mol. The van der Waals surface area contributed by atoms with E-state index < -0.39 is 0 Å². The van der Waals surface area contributed by atoms with Crippen LogP contribution in [0, 0.1) is 5.82 Å². The van der Waals surface area contributed by atoms with Gasteiger partial charge >= 0.3 is 0 Å². The van der Waals surface area contributed by atoms with Crippen LogP contribution >= 0.6 is 11.8 Å². The number of thioether (sulfide) groups is 1. The molecule has 1 aromatic rings. The van der Waals surface area contributed by atoms with E-state index in [0.29, 0.717) is 29.2 Å². The van der Waals surface area contributed by atoms with Crippen molar-refractivity contribution in [3.63, 3.8) is 0 Å². The molecule has 0 amide bonds. The van der Waals surface area contributed by atoms with E-state index in [1.54, 1.807) is 0 Å². The van der Waals surface area contributed by atoms with Gasteiger partial charge in [-0.25, -0.2) is 14.4 Å². The van der Waals surface area contributed by atoms with Gasteiger partial charge in [0.1, 0.15) is 6.33 Å². The van der Waals surface area contributed by atoms with Gasteiger partial charge < -0.3 is 5.32 Å². The summed E-state index contributed by atoms with van der Waals surface area (Å²) in [7, 11) is 0. The van der Waals surface area contributed by atoms with Crippen LogP contribution in [0.1, 0.15) is 38.8 Å². The number of aryl methyl sites for hydroxylation is 1. The molecule has 1 fully saturated rings. The van der Waals surface area contributed by atoms with Crippen LogP contribution in [-0.2, 0) is 6.42 Å². The van der Waals surface area contributed by atoms with Crippen LogP contribution in [0.5, 0.6) is 0 Å². The Labute approximate surface area is 112 Å². The van der Waals surface area contributed by atoms with E-state index in [1.165, 1.54) is 12.7 Å². The van der Waals surface area contributed by atoms with Gasteiger partial charge in [0.05, 0.1) is 5.69 Å². The summed E-state index contributed by atoms with van der Waals surface area (Å²) in [6, 6.07) is 0.350. The molecule has 0 bridgehead atoms. The highest BCUT2D eigenvalue weighted by molar-refractivity contribution is 7.99. The van der Waals surface area contributed by atoms with Crippen molar-refractivity contribution in [2.24, 2.45) is 0 Å². The molecule has 1 heterocycles. The van der Waals surface area contributed by atoms with Crippen LogP contribution in [0.3, 0.4) is 0 Å². The fraction of sp³-hybridized carbons (Fsp3) is 0.692. The molecule has 0 saturated heterocycles. The van der Waals surface area contributed by atoms with Gasteiger partial charge in [0.25, 0.3) is 0 Å². The first-order valence-electron chi connectivity index (χ1n) is 6.62. The van der Waals surface area contributed by atoms with Crippen LogP contribution < -0.4 is 5.32 Å². The first kappa shape index (κ1) is 13.6. The number of anilines is 1. The highest BCUT2D eigenvalue weighted by atomic mass is 32.2.